The van der Waals surface area contributed by atoms with Gasteiger partial charge in [-0.3, -0.25) is 9.59 Å². The first-order valence-electron chi connectivity index (χ1n) is 4.33. The van der Waals surface area contributed by atoms with Gasteiger partial charge in [-0.2, -0.15) is 0 Å². The van der Waals surface area contributed by atoms with E-state index in [2.05, 4.69) is 0 Å². The van der Waals surface area contributed by atoms with Crippen molar-refractivity contribution < 1.29 is 49.8 Å². The first-order valence-corrected chi connectivity index (χ1v) is 4.33. The molecule has 0 aliphatic rings. The standard InChI is InChI=1S/2C4H6O5.2CH4/c2*5-2(4(8)9)1-3(6)7;;/h2*2,5H,1H2,(H,6,7)(H,8,9);2*1H4/t2*2-;;/m10../s1. The minimum absolute atomic E-state index is 0. The number of aliphatic hydroxyl groups excluding tert-OH is 2. The quantitative estimate of drug-likeness (QED) is 0.358. The van der Waals surface area contributed by atoms with Crippen LogP contribution in [0.1, 0.15) is 27.7 Å². The van der Waals surface area contributed by atoms with Crippen LogP contribution in [0.2, 0.25) is 0 Å². The topological polar surface area (TPSA) is 190 Å². The Labute approximate surface area is 114 Å². The maximum absolute atomic E-state index is 9.72. The van der Waals surface area contributed by atoms with Gasteiger partial charge in [-0.1, -0.05) is 14.9 Å². The van der Waals surface area contributed by atoms with Crippen LogP contribution < -0.4 is 0 Å². The fourth-order valence-corrected chi connectivity index (χ4v) is 0.505. The molecule has 120 valence electrons. The Morgan fingerprint density at radius 3 is 0.900 bits per heavy atom. The molecule has 2 atom stereocenters. The Kier molecular flexibility index (Phi) is 17.5. The smallest absolute Gasteiger partial charge is 0.333 e. The fraction of sp³-hybridized carbons (Fsp3) is 0.600. The van der Waals surface area contributed by atoms with Crippen LogP contribution in [0.3, 0.4) is 0 Å². The lowest BCUT2D eigenvalue weighted by atomic mass is 10.3. The second-order valence-electron chi connectivity index (χ2n) is 2.90. The monoisotopic (exact) mass is 300 g/mol. The van der Waals surface area contributed by atoms with Gasteiger partial charge in [0.1, 0.15) is 0 Å². The van der Waals surface area contributed by atoms with E-state index in [1.54, 1.807) is 0 Å². The molecule has 0 saturated heterocycles. The van der Waals surface area contributed by atoms with Gasteiger partial charge >= 0.3 is 23.9 Å². The van der Waals surface area contributed by atoms with Gasteiger partial charge in [0.05, 0.1) is 12.8 Å². The number of aliphatic hydroxyl groups is 2. The largest absolute Gasteiger partial charge is 0.481 e. The van der Waals surface area contributed by atoms with Crippen LogP contribution in [0.25, 0.3) is 0 Å². The lowest BCUT2D eigenvalue weighted by Gasteiger charge is -1.97. The molecule has 0 heterocycles. The highest BCUT2D eigenvalue weighted by Gasteiger charge is 2.16. The number of carboxylic acids is 4. The van der Waals surface area contributed by atoms with Gasteiger partial charge in [0.15, 0.2) is 12.2 Å². The third-order valence-corrected chi connectivity index (χ3v) is 1.31. The first kappa shape index (κ1) is 26.4. The minimum atomic E-state index is -1.79. The lowest BCUT2D eigenvalue weighted by Crippen LogP contribution is -2.22. The number of aliphatic carboxylic acids is 4. The minimum Gasteiger partial charge on any atom is -0.481 e. The van der Waals surface area contributed by atoms with E-state index >= 15 is 0 Å². The van der Waals surface area contributed by atoms with Gasteiger partial charge in [-0.05, 0) is 0 Å². The summed E-state index contributed by atoms with van der Waals surface area (Å²) < 4.78 is 0. The van der Waals surface area contributed by atoms with Crippen LogP contribution in [0.5, 0.6) is 0 Å². The van der Waals surface area contributed by atoms with Crippen molar-refractivity contribution >= 4 is 23.9 Å². The van der Waals surface area contributed by atoms with Gasteiger partial charge in [0.25, 0.3) is 0 Å². The predicted octanol–water partition coefficient (Wildman–Crippen LogP) is -0.915. The van der Waals surface area contributed by atoms with Gasteiger partial charge in [-0.15, -0.1) is 0 Å². The lowest BCUT2D eigenvalue weighted by molar-refractivity contribution is -0.153. The molecule has 0 aromatic heterocycles. The van der Waals surface area contributed by atoms with Crippen molar-refractivity contribution in [3.63, 3.8) is 0 Å². The summed E-state index contributed by atoms with van der Waals surface area (Å²) in [5.74, 6) is -5.69. The zero-order valence-corrected chi connectivity index (χ0v) is 8.89. The third-order valence-electron chi connectivity index (χ3n) is 1.31. The molecule has 6 N–H and O–H groups in total. The molecule has 10 nitrogen and oxygen atoms in total. The predicted molar refractivity (Wildman–Crippen MR) is 65.3 cm³/mol. The number of rotatable bonds is 6. The Hall–Kier alpha value is -2.20. The molecule has 0 spiro atoms. The van der Waals surface area contributed by atoms with E-state index in [1.165, 1.54) is 0 Å². The van der Waals surface area contributed by atoms with Crippen LogP contribution in [0, 0.1) is 0 Å². The van der Waals surface area contributed by atoms with Crippen molar-refractivity contribution in [1.82, 2.24) is 0 Å². The summed E-state index contributed by atoms with van der Waals surface area (Å²) in [6.45, 7) is 0. The molecule has 0 aromatic rings. The van der Waals surface area contributed by atoms with Crippen LogP contribution in [0.4, 0.5) is 0 Å². The van der Waals surface area contributed by atoms with E-state index < -0.39 is 48.9 Å². The van der Waals surface area contributed by atoms with Crippen molar-refractivity contribution in [2.75, 3.05) is 0 Å². The fourth-order valence-electron chi connectivity index (χ4n) is 0.505. The maximum Gasteiger partial charge on any atom is 0.333 e. The zero-order chi connectivity index (χ0) is 14.9. The normalized spacial score (nSPS) is 11.3. The molecule has 10 heteroatoms. The zero-order valence-electron chi connectivity index (χ0n) is 8.89. The summed E-state index contributed by atoms with van der Waals surface area (Å²) in [6.07, 6.45) is -5.09. The van der Waals surface area contributed by atoms with Crippen molar-refractivity contribution in [3.05, 3.63) is 0 Å². The summed E-state index contributed by atoms with van der Waals surface area (Å²) in [5.41, 5.74) is 0. The SMILES string of the molecule is C.C.O=C(O)C[C@@H](O)C(=O)O.O=C(O)C[C@H](O)C(=O)O. The molecule has 0 fully saturated rings. The molecule has 0 aliphatic carbocycles. The average molecular weight is 300 g/mol. The van der Waals surface area contributed by atoms with Crippen LogP contribution in [-0.2, 0) is 19.2 Å². The van der Waals surface area contributed by atoms with Crippen molar-refractivity contribution in [1.29, 1.82) is 0 Å². The molecule has 0 saturated carbocycles. The van der Waals surface area contributed by atoms with E-state index in [0.29, 0.717) is 0 Å². The van der Waals surface area contributed by atoms with Gasteiger partial charge < -0.3 is 30.6 Å². The third kappa shape index (κ3) is 18.2. The van der Waals surface area contributed by atoms with E-state index in [1.807, 2.05) is 0 Å². The number of hydrogen-bond acceptors (Lipinski definition) is 6. The van der Waals surface area contributed by atoms with E-state index in [4.69, 9.17) is 30.6 Å². The highest BCUT2D eigenvalue weighted by molar-refractivity contribution is 5.79. The van der Waals surface area contributed by atoms with Crippen molar-refractivity contribution in [2.24, 2.45) is 0 Å². The second kappa shape index (κ2) is 13.2. The summed E-state index contributed by atoms with van der Waals surface area (Å²) in [4.78, 5) is 38.8. The van der Waals surface area contributed by atoms with Gasteiger partial charge in [0.2, 0.25) is 0 Å². The molecule has 0 amide bonds. The number of carboxylic acid groups (broad SMARTS) is 4. The summed E-state index contributed by atoms with van der Waals surface area (Å²) in [5, 5.41) is 48.3. The number of hydrogen-bond donors (Lipinski definition) is 6. The first-order chi connectivity index (χ1) is 8.07. The number of carbonyl (C=O) groups is 4. The molecule has 0 aliphatic heterocycles. The van der Waals surface area contributed by atoms with Gasteiger partial charge in [0, 0.05) is 0 Å². The molecule has 0 rings (SSSR count). The van der Waals surface area contributed by atoms with Crippen molar-refractivity contribution in [3.8, 4) is 0 Å². The Morgan fingerprint density at radius 1 is 0.650 bits per heavy atom. The van der Waals surface area contributed by atoms with Crippen LogP contribution in [0.15, 0.2) is 0 Å². The van der Waals surface area contributed by atoms with Crippen LogP contribution in [-0.4, -0.2) is 66.7 Å². The molecule has 0 radical (unpaired) electrons. The van der Waals surface area contributed by atoms with Gasteiger partial charge in [-0.25, -0.2) is 9.59 Å². The molecule has 0 unspecified atom stereocenters. The second-order valence-corrected chi connectivity index (χ2v) is 2.90. The summed E-state index contributed by atoms with van der Waals surface area (Å²) in [6, 6.07) is 0. The highest BCUT2D eigenvalue weighted by Crippen LogP contribution is 1.90. The molecule has 0 bridgehead atoms. The summed E-state index contributed by atoms with van der Waals surface area (Å²) in [7, 11) is 0. The Morgan fingerprint density at radius 2 is 0.850 bits per heavy atom. The highest BCUT2D eigenvalue weighted by atomic mass is 16.4. The molecular formula is C10H20O10. The Balaban J connectivity index is -0.000000116. The molecule has 20 heavy (non-hydrogen) atoms. The van der Waals surface area contributed by atoms with E-state index in [9.17, 15) is 19.2 Å². The Bertz CT molecular complexity index is 292. The van der Waals surface area contributed by atoms with Crippen molar-refractivity contribution in [2.45, 2.75) is 39.9 Å². The maximum atomic E-state index is 9.72. The summed E-state index contributed by atoms with van der Waals surface area (Å²) >= 11 is 0. The average Bonchev–Trinajstić information content (AvgIpc) is 2.16. The molecular weight excluding hydrogens is 280 g/mol. The van der Waals surface area contributed by atoms with E-state index in [0.717, 1.165) is 0 Å². The van der Waals surface area contributed by atoms with E-state index in [-0.39, 0.29) is 14.9 Å². The molecule has 0 aromatic carbocycles. The van der Waals surface area contributed by atoms with Crippen LogP contribution >= 0.6 is 0 Å².